The van der Waals surface area contributed by atoms with Crippen molar-refractivity contribution >= 4 is 0 Å². The van der Waals surface area contributed by atoms with Crippen LogP contribution in [0.2, 0.25) is 0 Å². The predicted molar refractivity (Wildman–Crippen MR) is 91.9 cm³/mol. The summed E-state index contributed by atoms with van der Waals surface area (Å²) in [6.45, 7) is 13.5. The van der Waals surface area contributed by atoms with Gasteiger partial charge in [0.2, 0.25) is 0 Å². The largest absolute Gasteiger partial charge is 0.377 e. The van der Waals surface area contributed by atoms with E-state index in [1.807, 2.05) is 0 Å². The van der Waals surface area contributed by atoms with Crippen LogP contribution in [0, 0.1) is 0 Å². The van der Waals surface area contributed by atoms with E-state index < -0.39 is 0 Å². The molecule has 1 aliphatic rings. The Balaban J connectivity index is 2.57. The summed E-state index contributed by atoms with van der Waals surface area (Å²) in [4.78, 5) is 2.70. The Morgan fingerprint density at radius 1 is 1.14 bits per heavy atom. The Labute approximate surface area is 132 Å². The first-order chi connectivity index (χ1) is 10.3. The van der Waals surface area contributed by atoms with Gasteiger partial charge in [0.15, 0.2) is 0 Å². The summed E-state index contributed by atoms with van der Waals surface area (Å²) < 4.78 is 6.02. The molecule has 1 saturated heterocycles. The molecule has 0 saturated carbocycles. The molecular weight excluding hydrogens is 260 g/mol. The van der Waals surface area contributed by atoms with Gasteiger partial charge in [0.1, 0.15) is 0 Å². The van der Waals surface area contributed by atoms with Gasteiger partial charge in [-0.1, -0.05) is 34.1 Å². The minimum atomic E-state index is 0.459. The third kappa shape index (κ3) is 6.66. The van der Waals surface area contributed by atoms with Crippen molar-refractivity contribution in [3.63, 3.8) is 0 Å². The second-order valence-corrected chi connectivity index (χ2v) is 6.45. The molecule has 3 nitrogen and oxygen atoms in total. The third-order valence-electron chi connectivity index (χ3n) is 4.58. The molecule has 0 bridgehead atoms. The number of hydrogen-bond donors (Lipinski definition) is 1. The first kappa shape index (κ1) is 18.9. The lowest BCUT2D eigenvalue weighted by Crippen LogP contribution is -2.54. The molecule has 3 atom stereocenters. The van der Waals surface area contributed by atoms with Crippen LogP contribution in [0.15, 0.2) is 0 Å². The third-order valence-corrected chi connectivity index (χ3v) is 4.58. The van der Waals surface area contributed by atoms with E-state index in [1.54, 1.807) is 0 Å². The van der Waals surface area contributed by atoms with Crippen molar-refractivity contribution in [3.8, 4) is 0 Å². The second-order valence-electron chi connectivity index (χ2n) is 6.45. The molecule has 1 fully saturated rings. The van der Waals surface area contributed by atoms with Crippen molar-refractivity contribution in [1.82, 2.24) is 10.2 Å². The molecule has 0 aromatic rings. The zero-order valence-corrected chi connectivity index (χ0v) is 14.9. The first-order valence-corrected chi connectivity index (χ1v) is 9.35. The molecule has 1 heterocycles. The van der Waals surface area contributed by atoms with Crippen LogP contribution < -0.4 is 5.32 Å². The quantitative estimate of drug-likeness (QED) is 0.627. The molecule has 0 spiro atoms. The molecule has 126 valence electrons. The molecule has 0 aromatic heterocycles. The summed E-state index contributed by atoms with van der Waals surface area (Å²) in [5.74, 6) is 0. The fraction of sp³-hybridized carbons (Fsp3) is 1.00. The van der Waals surface area contributed by atoms with Crippen LogP contribution in [-0.4, -0.2) is 49.3 Å². The Hall–Kier alpha value is -0.120. The number of likely N-dealkylation sites (tertiary alicyclic amines) is 1. The number of ether oxygens (including phenoxy) is 1. The first-order valence-electron chi connectivity index (χ1n) is 9.35. The van der Waals surface area contributed by atoms with E-state index in [-0.39, 0.29) is 0 Å². The monoisotopic (exact) mass is 298 g/mol. The Morgan fingerprint density at radius 2 is 1.95 bits per heavy atom. The summed E-state index contributed by atoms with van der Waals surface area (Å²) in [6, 6.07) is 1.31. The van der Waals surface area contributed by atoms with E-state index in [0.29, 0.717) is 18.2 Å². The Bertz CT molecular complexity index is 247. The molecule has 0 radical (unpaired) electrons. The van der Waals surface area contributed by atoms with Crippen LogP contribution in [0.4, 0.5) is 0 Å². The number of hydrogen-bond acceptors (Lipinski definition) is 3. The van der Waals surface area contributed by atoms with E-state index in [9.17, 15) is 0 Å². The van der Waals surface area contributed by atoms with Gasteiger partial charge in [-0.15, -0.1) is 0 Å². The zero-order valence-electron chi connectivity index (χ0n) is 14.9. The normalized spacial score (nSPS) is 23.1. The van der Waals surface area contributed by atoms with Crippen molar-refractivity contribution in [2.45, 2.75) is 90.8 Å². The molecule has 3 unspecified atom stereocenters. The highest BCUT2D eigenvalue weighted by Crippen LogP contribution is 2.21. The summed E-state index contributed by atoms with van der Waals surface area (Å²) in [6.07, 6.45) is 9.13. The van der Waals surface area contributed by atoms with Gasteiger partial charge in [0, 0.05) is 25.2 Å². The van der Waals surface area contributed by atoms with Gasteiger partial charge < -0.3 is 10.1 Å². The number of nitrogens with one attached hydrogen (secondary N) is 1. The van der Waals surface area contributed by atoms with E-state index in [1.165, 1.54) is 45.1 Å². The van der Waals surface area contributed by atoms with Crippen molar-refractivity contribution in [3.05, 3.63) is 0 Å². The summed E-state index contributed by atoms with van der Waals surface area (Å²) in [7, 11) is 0. The topological polar surface area (TPSA) is 24.5 Å². The molecule has 1 aliphatic heterocycles. The fourth-order valence-electron chi connectivity index (χ4n) is 3.56. The van der Waals surface area contributed by atoms with Crippen LogP contribution >= 0.6 is 0 Å². The van der Waals surface area contributed by atoms with Crippen LogP contribution in [0.25, 0.3) is 0 Å². The maximum Gasteiger partial charge on any atom is 0.0702 e. The minimum Gasteiger partial charge on any atom is -0.377 e. The lowest BCUT2D eigenvalue weighted by atomic mass is 9.96. The summed E-state index contributed by atoms with van der Waals surface area (Å²) in [5.41, 5.74) is 0. The van der Waals surface area contributed by atoms with Crippen LogP contribution in [-0.2, 0) is 4.74 Å². The highest BCUT2D eigenvalue weighted by Gasteiger charge is 2.29. The molecule has 21 heavy (non-hydrogen) atoms. The number of piperidine rings is 1. The standard InChI is InChI=1S/C18H38N2O/c1-5-10-17(19-12-6-2)18(8-4)20-13-9-11-16(15-20)21-14-7-3/h16-19H,5-15H2,1-4H3. The van der Waals surface area contributed by atoms with Crippen LogP contribution in [0.1, 0.15) is 72.6 Å². The fourth-order valence-corrected chi connectivity index (χ4v) is 3.56. The smallest absolute Gasteiger partial charge is 0.0702 e. The SMILES string of the molecule is CCCNC(CCC)C(CC)N1CCCC(OCCC)C1. The van der Waals surface area contributed by atoms with Crippen LogP contribution in [0.3, 0.4) is 0 Å². The number of nitrogens with zero attached hydrogens (tertiary/aromatic N) is 1. The van der Waals surface area contributed by atoms with Gasteiger partial charge in [0.05, 0.1) is 6.10 Å². The second kappa shape index (κ2) is 11.4. The molecule has 1 rings (SSSR count). The van der Waals surface area contributed by atoms with Gasteiger partial charge >= 0.3 is 0 Å². The zero-order chi connectivity index (χ0) is 15.5. The molecule has 0 aliphatic carbocycles. The van der Waals surface area contributed by atoms with Gasteiger partial charge in [-0.05, 0) is 51.6 Å². The van der Waals surface area contributed by atoms with Crippen molar-refractivity contribution in [2.75, 3.05) is 26.2 Å². The summed E-state index contributed by atoms with van der Waals surface area (Å²) in [5, 5.41) is 3.79. The van der Waals surface area contributed by atoms with Crippen molar-refractivity contribution in [1.29, 1.82) is 0 Å². The Morgan fingerprint density at radius 3 is 2.57 bits per heavy atom. The highest BCUT2D eigenvalue weighted by molar-refractivity contribution is 4.87. The van der Waals surface area contributed by atoms with E-state index in [4.69, 9.17) is 4.74 Å². The van der Waals surface area contributed by atoms with Crippen molar-refractivity contribution in [2.24, 2.45) is 0 Å². The highest BCUT2D eigenvalue weighted by atomic mass is 16.5. The average molecular weight is 299 g/mol. The lowest BCUT2D eigenvalue weighted by molar-refractivity contribution is -0.0186. The van der Waals surface area contributed by atoms with E-state index >= 15 is 0 Å². The summed E-state index contributed by atoms with van der Waals surface area (Å²) >= 11 is 0. The molecule has 3 heteroatoms. The Kier molecular flexibility index (Phi) is 10.3. The average Bonchev–Trinajstić information content (AvgIpc) is 2.51. The van der Waals surface area contributed by atoms with Gasteiger partial charge in [-0.2, -0.15) is 0 Å². The van der Waals surface area contributed by atoms with E-state index in [2.05, 4.69) is 37.9 Å². The predicted octanol–water partition coefficient (Wildman–Crippen LogP) is 3.82. The molecular formula is C18H38N2O. The molecule has 0 aromatic carbocycles. The maximum absolute atomic E-state index is 6.02. The van der Waals surface area contributed by atoms with Gasteiger partial charge in [-0.3, -0.25) is 4.90 Å². The van der Waals surface area contributed by atoms with Crippen molar-refractivity contribution < 1.29 is 4.74 Å². The molecule has 1 N–H and O–H groups in total. The lowest BCUT2D eigenvalue weighted by Gasteiger charge is -2.41. The number of rotatable bonds is 11. The minimum absolute atomic E-state index is 0.459. The maximum atomic E-state index is 6.02. The van der Waals surface area contributed by atoms with E-state index in [0.717, 1.165) is 26.1 Å². The van der Waals surface area contributed by atoms with Gasteiger partial charge in [-0.25, -0.2) is 0 Å². The van der Waals surface area contributed by atoms with Gasteiger partial charge in [0.25, 0.3) is 0 Å². The van der Waals surface area contributed by atoms with Crippen LogP contribution in [0.5, 0.6) is 0 Å². The molecule has 0 amide bonds.